The second kappa shape index (κ2) is 5.16. The van der Waals surface area contributed by atoms with Gasteiger partial charge in [0, 0.05) is 19.6 Å². The van der Waals surface area contributed by atoms with Crippen LogP contribution in [-0.4, -0.2) is 35.6 Å². The molecular formula is C12H14F3NO2. The highest BCUT2D eigenvalue weighted by atomic mass is 19.4. The van der Waals surface area contributed by atoms with Crippen molar-refractivity contribution in [2.45, 2.75) is 25.4 Å². The number of aliphatic hydroxyl groups excluding tert-OH is 1. The van der Waals surface area contributed by atoms with E-state index in [2.05, 4.69) is 9.64 Å². The lowest BCUT2D eigenvalue weighted by Crippen LogP contribution is -2.21. The van der Waals surface area contributed by atoms with Gasteiger partial charge in [0.05, 0.1) is 6.10 Å². The summed E-state index contributed by atoms with van der Waals surface area (Å²) < 4.78 is 39.7. The number of hydrogen-bond donors (Lipinski definition) is 1. The van der Waals surface area contributed by atoms with Gasteiger partial charge in [-0.3, -0.25) is 4.90 Å². The van der Waals surface area contributed by atoms with Gasteiger partial charge in [-0.15, -0.1) is 13.2 Å². The zero-order chi connectivity index (χ0) is 13.2. The second-order valence-electron chi connectivity index (χ2n) is 4.37. The number of benzene rings is 1. The minimum absolute atomic E-state index is 0.215. The Balaban J connectivity index is 1.91. The predicted molar refractivity (Wildman–Crippen MR) is 59.0 cm³/mol. The van der Waals surface area contributed by atoms with Gasteiger partial charge in [0.15, 0.2) is 0 Å². The number of aliphatic hydroxyl groups is 1. The third kappa shape index (κ3) is 3.89. The zero-order valence-corrected chi connectivity index (χ0v) is 9.65. The van der Waals surface area contributed by atoms with E-state index < -0.39 is 6.36 Å². The minimum atomic E-state index is -4.65. The molecule has 0 unspecified atom stereocenters. The highest BCUT2D eigenvalue weighted by Gasteiger charge is 2.31. The highest BCUT2D eigenvalue weighted by molar-refractivity contribution is 5.27. The lowest BCUT2D eigenvalue weighted by molar-refractivity contribution is -0.274. The van der Waals surface area contributed by atoms with Crippen LogP contribution in [0.3, 0.4) is 0 Å². The van der Waals surface area contributed by atoms with Crippen LogP contribution in [0.2, 0.25) is 0 Å². The molecule has 100 valence electrons. The largest absolute Gasteiger partial charge is 0.573 e. The van der Waals surface area contributed by atoms with Gasteiger partial charge in [-0.2, -0.15) is 0 Å². The van der Waals surface area contributed by atoms with Crippen molar-refractivity contribution in [1.82, 2.24) is 4.90 Å². The Morgan fingerprint density at radius 2 is 1.94 bits per heavy atom. The third-order valence-electron chi connectivity index (χ3n) is 2.81. The molecule has 6 heteroatoms. The fraction of sp³-hybridized carbons (Fsp3) is 0.500. The third-order valence-corrected chi connectivity index (χ3v) is 2.81. The Hall–Kier alpha value is -1.27. The van der Waals surface area contributed by atoms with Crippen molar-refractivity contribution in [1.29, 1.82) is 0 Å². The summed E-state index contributed by atoms with van der Waals surface area (Å²) in [4.78, 5) is 2.06. The molecule has 1 heterocycles. The molecule has 1 fully saturated rings. The van der Waals surface area contributed by atoms with Crippen LogP contribution in [0, 0.1) is 0 Å². The molecule has 2 rings (SSSR count). The summed E-state index contributed by atoms with van der Waals surface area (Å²) in [5.41, 5.74) is 0.902. The molecule has 0 spiro atoms. The SMILES string of the molecule is O[C@H]1CCN(Cc2ccc(OC(F)(F)F)cc2)C1. The Morgan fingerprint density at radius 1 is 1.28 bits per heavy atom. The summed E-state index contributed by atoms with van der Waals surface area (Å²) in [5.74, 6) is -0.215. The predicted octanol–water partition coefficient (Wildman–Crippen LogP) is 2.15. The topological polar surface area (TPSA) is 32.7 Å². The highest BCUT2D eigenvalue weighted by Crippen LogP contribution is 2.23. The molecule has 1 N–H and O–H groups in total. The summed E-state index contributed by atoms with van der Waals surface area (Å²) in [6, 6.07) is 5.81. The van der Waals surface area contributed by atoms with Crippen molar-refractivity contribution in [3.05, 3.63) is 29.8 Å². The Bertz CT molecular complexity index is 391. The molecule has 1 aromatic carbocycles. The van der Waals surface area contributed by atoms with Crippen molar-refractivity contribution < 1.29 is 23.0 Å². The van der Waals surface area contributed by atoms with Gasteiger partial charge in [0.1, 0.15) is 5.75 Å². The van der Waals surface area contributed by atoms with Gasteiger partial charge in [0.25, 0.3) is 0 Å². The number of rotatable bonds is 3. The van der Waals surface area contributed by atoms with Gasteiger partial charge in [-0.25, -0.2) is 0 Å². The van der Waals surface area contributed by atoms with Crippen molar-refractivity contribution in [3.8, 4) is 5.75 Å². The maximum atomic E-state index is 12.0. The van der Waals surface area contributed by atoms with Crippen LogP contribution < -0.4 is 4.74 Å². The maximum absolute atomic E-state index is 12.0. The maximum Gasteiger partial charge on any atom is 0.573 e. The Morgan fingerprint density at radius 3 is 2.44 bits per heavy atom. The first-order chi connectivity index (χ1) is 8.42. The van der Waals surface area contributed by atoms with Gasteiger partial charge >= 0.3 is 6.36 Å². The Labute approximate surface area is 103 Å². The average Bonchev–Trinajstić information content (AvgIpc) is 2.65. The molecular weight excluding hydrogens is 247 g/mol. The minimum Gasteiger partial charge on any atom is -0.406 e. The number of nitrogens with zero attached hydrogens (tertiary/aromatic N) is 1. The molecule has 0 amide bonds. The van der Waals surface area contributed by atoms with E-state index in [1.54, 1.807) is 12.1 Å². The molecule has 1 saturated heterocycles. The van der Waals surface area contributed by atoms with E-state index in [9.17, 15) is 18.3 Å². The number of halogens is 3. The molecule has 18 heavy (non-hydrogen) atoms. The van der Waals surface area contributed by atoms with Crippen molar-refractivity contribution in [2.24, 2.45) is 0 Å². The number of ether oxygens (including phenoxy) is 1. The molecule has 0 saturated carbocycles. The number of β-amino-alcohol motifs (C(OH)–C–C–N with tert-alkyl or cyclic N) is 1. The number of alkyl halides is 3. The summed E-state index contributed by atoms with van der Waals surface area (Å²) in [6.45, 7) is 2.05. The van der Waals surface area contributed by atoms with E-state index in [4.69, 9.17) is 0 Å². The smallest absolute Gasteiger partial charge is 0.406 e. The van der Waals surface area contributed by atoms with Crippen molar-refractivity contribution in [3.63, 3.8) is 0 Å². The fourth-order valence-corrected chi connectivity index (χ4v) is 2.01. The number of hydrogen-bond acceptors (Lipinski definition) is 3. The van der Waals surface area contributed by atoms with Gasteiger partial charge in [-0.05, 0) is 24.1 Å². The van der Waals surface area contributed by atoms with Crippen LogP contribution in [0.5, 0.6) is 5.75 Å². The van der Waals surface area contributed by atoms with E-state index in [1.807, 2.05) is 0 Å². The summed E-state index contributed by atoms with van der Waals surface area (Å²) >= 11 is 0. The zero-order valence-electron chi connectivity index (χ0n) is 9.65. The van der Waals surface area contributed by atoms with Crippen LogP contribution in [0.25, 0.3) is 0 Å². The van der Waals surface area contributed by atoms with Crippen LogP contribution in [-0.2, 0) is 6.54 Å². The molecule has 0 aliphatic carbocycles. The molecule has 1 atom stereocenters. The summed E-state index contributed by atoms with van der Waals surface area (Å²) in [7, 11) is 0. The molecule has 1 aromatic rings. The molecule has 0 aromatic heterocycles. The number of likely N-dealkylation sites (tertiary alicyclic amines) is 1. The fourth-order valence-electron chi connectivity index (χ4n) is 2.01. The van der Waals surface area contributed by atoms with Crippen LogP contribution in [0.4, 0.5) is 13.2 Å². The first kappa shape index (κ1) is 13.2. The summed E-state index contributed by atoms with van der Waals surface area (Å²) in [5, 5.41) is 9.36. The summed E-state index contributed by atoms with van der Waals surface area (Å²) in [6.07, 6.45) is -4.20. The van der Waals surface area contributed by atoms with E-state index in [1.165, 1.54) is 12.1 Å². The van der Waals surface area contributed by atoms with Crippen LogP contribution in [0.1, 0.15) is 12.0 Å². The molecule has 1 aliphatic heterocycles. The van der Waals surface area contributed by atoms with E-state index in [0.717, 1.165) is 18.5 Å². The standard InChI is InChI=1S/C12H14F3NO2/c13-12(14,15)18-11-3-1-9(2-4-11)7-16-6-5-10(17)8-16/h1-4,10,17H,5-8H2/t10-/m0/s1. The molecule has 0 bridgehead atoms. The monoisotopic (exact) mass is 261 g/mol. The van der Waals surface area contributed by atoms with Gasteiger partial charge in [-0.1, -0.05) is 12.1 Å². The van der Waals surface area contributed by atoms with E-state index in [0.29, 0.717) is 13.1 Å². The lowest BCUT2D eigenvalue weighted by Gasteiger charge is -2.15. The van der Waals surface area contributed by atoms with Crippen LogP contribution in [0.15, 0.2) is 24.3 Å². The van der Waals surface area contributed by atoms with E-state index in [-0.39, 0.29) is 11.9 Å². The Kier molecular flexibility index (Phi) is 3.77. The lowest BCUT2D eigenvalue weighted by atomic mass is 10.2. The van der Waals surface area contributed by atoms with Crippen molar-refractivity contribution in [2.75, 3.05) is 13.1 Å². The van der Waals surface area contributed by atoms with E-state index >= 15 is 0 Å². The first-order valence-corrected chi connectivity index (χ1v) is 5.67. The van der Waals surface area contributed by atoms with Gasteiger partial charge < -0.3 is 9.84 Å². The second-order valence-corrected chi connectivity index (χ2v) is 4.37. The van der Waals surface area contributed by atoms with Gasteiger partial charge in [0.2, 0.25) is 0 Å². The van der Waals surface area contributed by atoms with Crippen LogP contribution >= 0.6 is 0 Å². The first-order valence-electron chi connectivity index (χ1n) is 5.67. The van der Waals surface area contributed by atoms with Crippen molar-refractivity contribution >= 4 is 0 Å². The molecule has 3 nitrogen and oxygen atoms in total. The quantitative estimate of drug-likeness (QED) is 0.905. The average molecular weight is 261 g/mol. The molecule has 1 aliphatic rings. The normalized spacial score (nSPS) is 21.2. The molecule has 0 radical (unpaired) electrons.